The van der Waals surface area contributed by atoms with Gasteiger partial charge in [0.05, 0.1) is 7.05 Å². The molecule has 66 valence electrons. The summed E-state index contributed by atoms with van der Waals surface area (Å²) in [6, 6.07) is 4.12. The molecule has 2 aromatic rings. The van der Waals surface area contributed by atoms with Crippen molar-refractivity contribution in [3.63, 3.8) is 0 Å². The number of pyridine rings is 1. The quantitative estimate of drug-likeness (QED) is 0.546. The molecule has 2 aromatic heterocycles. The van der Waals surface area contributed by atoms with Gasteiger partial charge in [0, 0.05) is 6.07 Å². The van der Waals surface area contributed by atoms with Gasteiger partial charge in [0.2, 0.25) is 12.5 Å². The molecule has 0 atom stereocenters. The molecule has 0 saturated carbocycles. The minimum Gasteiger partial charge on any atom is -0.239 e. The van der Waals surface area contributed by atoms with Crippen LogP contribution < -0.4 is 9.13 Å². The van der Waals surface area contributed by atoms with E-state index in [1.165, 1.54) is 5.69 Å². The van der Waals surface area contributed by atoms with E-state index in [2.05, 4.69) is 16.8 Å². The molecule has 0 bridgehead atoms. The Morgan fingerprint density at radius 3 is 2.62 bits per heavy atom. The van der Waals surface area contributed by atoms with Crippen molar-refractivity contribution < 1.29 is 9.13 Å². The fourth-order valence-electron chi connectivity index (χ4n) is 1.33. The van der Waals surface area contributed by atoms with Crippen LogP contribution in [-0.4, -0.2) is 4.57 Å². The summed E-state index contributed by atoms with van der Waals surface area (Å²) in [5, 5.41) is 0. The molecule has 0 saturated heterocycles. The average molecular weight is 175 g/mol. The van der Waals surface area contributed by atoms with E-state index in [4.69, 9.17) is 0 Å². The molecule has 0 aliphatic heterocycles. The Hall–Kier alpha value is -1.64. The van der Waals surface area contributed by atoms with Crippen molar-refractivity contribution in [1.29, 1.82) is 0 Å². The van der Waals surface area contributed by atoms with E-state index >= 15 is 0 Å². The lowest BCUT2D eigenvalue weighted by Crippen LogP contribution is -2.27. The Labute approximate surface area is 77.5 Å². The molecular weight excluding hydrogens is 162 g/mol. The second kappa shape index (κ2) is 3.01. The van der Waals surface area contributed by atoms with Crippen molar-refractivity contribution >= 4 is 0 Å². The van der Waals surface area contributed by atoms with Crippen LogP contribution in [0.1, 0.15) is 0 Å². The zero-order valence-electron chi connectivity index (χ0n) is 7.88. The number of imidazole rings is 1. The number of aryl methyl sites for hydroxylation is 2. The highest BCUT2D eigenvalue weighted by molar-refractivity contribution is 5.24. The third-order valence-corrected chi connectivity index (χ3v) is 1.99. The van der Waals surface area contributed by atoms with Crippen molar-refractivity contribution in [2.24, 2.45) is 14.1 Å². The van der Waals surface area contributed by atoms with Gasteiger partial charge in [0.1, 0.15) is 19.4 Å². The van der Waals surface area contributed by atoms with Gasteiger partial charge in [0.15, 0.2) is 11.9 Å². The molecule has 0 N–H and O–H groups in total. The van der Waals surface area contributed by atoms with E-state index in [-0.39, 0.29) is 0 Å². The standard InChI is InChI=1S/C10H13N3/c1-11-5-3-4-10(8-11)13-7-6-12(2)9-13/h3-9H,1-2H3/q+2. The summed E-state index contributed by atoms with van der Waals surface area (Å²) in [5.41, 5.74) is 1.17. The lowest BCUT2D eigenvalue weighted by atomic mass is 10.4. The molecule has 3 heteroatoms. The van der Waals surface area contributed by atoms with Gasteiger partial charge in [-0.2, -0.15) is 4.57 Å². The Kier molecular flexibility index (Phi) is 1.85. The van der Waals surface area contributed by atoms with Gasteiger partial charge in [-0.25, -0.2) is 9.13 Å². The summed E-state index contributed by atoms with van der Waals surface area (Å²) in [5.74, 6) is 0. The van der Waals surface area contributed by atoms with Gasteiger partial charge in [-0.05, 0) is 6.07 Å². The number of nitrogens with zero attached hydrogens (tertiary/aromatic N) is 3. The maximum atomic E-state index is 2.08. The van der Waals surface area contributed by atoms with Crippen LogP contribution in [-0.2, 0) is 14.1 Å². The lowest BCUT2D eigenvalue weighted by molar-refractivity contribution is -0.673. The highest BCUT2D eigenvalue weighted by atomic mass is 15.1. The van der Waals surface area contributed by atoms with Crippen LogP contribution in [0.3, 0.4) is 0 Å². The van der Waals surface area contributed by atoms with E-state index in [1.54, 1.807) is 0 Å². The molecule has 3 nitrogen and oxygen atoms in total. The normalized spacial score (nSPS) is 10.3. The summed E-state index contributed by atoms with van der Waals surface area (Å²) in [6.07, 6.45) is 10.2. The Morgan fingerprint density at radius 2 is 2.00 bits per heavy atom. The number of hydrogen-bond donors (Lipinski definition) is 0. The zero-order chi connectivity index (χ0) is 9.26. The van der Waals surface area contributed by atoms with Crippen LogP contribution in [0.2, 0.25) is 0 Å². The predicted molar refractivity (Wildman–Crippen MR) is 48.1 cm³/mol. The van der Waals surface area contributed by atoms with Crippen molar-refractivity contribution in [1.82, 2.24) is 4.57 Å². The molecule has 0 spiro atoms. The van der Waals surface area contributed by atoms with E-state index in [9.17, 15) is 0 Å². The first-order valence-electron chi connectivity index (χ1n) is 4.24. The second-order valence-electron chi connectivity index (χ2n) is 3.21. The molecule has 0 unspecified atom stereocenters. The third-order valence-electron chi connectivity index (χ3n) is 1.99. The average Bonchev–Trinajstić information content (AvgIpc) is 2.52. The van der Waals surface area contributed by atoms with Crippen LogP contribution in [0.4, 0.5) is 0 Å². The van der Waals surface area contributed by atoms with Crippen molar-refractivity contribution in [3.05, 3.63) is 43.2 Å². The predicted octanol–water partition coefficient (Wildman–Crippen LogP) is 0.126. The minimum atomic E-state index is 1.17. The largest absolute Gasteiger partial charge is 0.248 e. The van der Waals surface area contributed by atoms with Crippen LogP contribution in [0, 0.1) is 0 Å². The molecule has 2 rings (SSSR count). The fraction of sp³-hybridized carbons (Fsp3) is 0.200. The van der Waals surface area contributed by atoms with E-state index in [0.717, 1.165) is 0 Å². The zero-order valence-corrected chi connectivity index (χ0v) is 7.88. The van der Waals surface area contributed by atoms with Gasteiger partial charge >= 0.3 is 0 Å². The van der Waals surface area contributed by atoms with Crippen LogP contribution in [0.5, 0.6) is 0 Å². The van der Waals surface area contributed by atoms with E-state index in [0.29, 0.717) is 0 Å². The van der Waals surface area contributed by atoms with Gasteiger partial charge in [-0.1, -0.05) is 0 Å². The first-order valence-corrected chi connectivity index (χ1v) is 4.24. The summed E-state index contributed by atoms with van der Waals surface area (Å²) in [6.45, 7) is 0. The lowest BCUT2D eigenvalue weighted by Gasteiger charge is -1.91. The number of rotatable bonds is 1. The maximum Gasteiger partial charge on any atom is 0.248 e. The summed E-state index contributed by atoms with van der Waals surface area (Å²) in [7, 11) is 4.03. The minimum absolute atomic E-state index is 1.17. The van der Waals surface area contributed by atoms with Gasteiger partial charge < -0.3 is 0 Å². The van der Waals surface area contributed by atoms with Crippen LogP contribution in [0.15, 0.2) is 43.2 Å². The van der Waals surface area contributed by atoms with Gasteiger partial charge in [-0.15, -0.1) is 0 Å². The summed E-state index contributed by atoms with van der Waals surface area (Å²) < 4.78 is 6.14. The summed E-state index contributed by atoms with van der Waals surface area (Å²) >= 11 is 0. The topological polar surface area (TPSA) is 12.7 Å². The van der Waals surface area contributed by atoms with Crippen molar-refractivity contribution in [3.8, 4) is 5.69 Å². The van der Waals surface area contributed by atoms with Crippen LogP contribution >= 0.6 is 0 Å². The molecule has 2 heterocycles. The van der Waals surface area contributed by atoms with Crippen molar-refractivity contribution in [2.75, 3.05) is 0 Å². The molecule has 13 heavy (non-hydrogen) atoms. The van der Waals surface area contributed by atoms with Crippen LogP contribution in [0.25, 0.3) is 5.69 Å². The number of aromatic nitrogens is 3. The molecule has 0 aliphatic rings. The van der Waals surface area contributed by atoms with Crippen molar-refractivity contribution in [2.45, 2.75) is 0 Å². The van der Waals surface area contributed by atoms with Gasteiger partial charge in [-0.3, -0.25) is 0 Å². The maximum absolute atomic E-state index is 2.08. The first kappa shape index (κ1) is 7.98. The highest BCUT2D eigenvalue weighted by Gasteiger charge is 2.06. The Morgan fingerprint density at radius 1 is 1.15 bits per heavy atom. The van der Waals surface area contributed by atoms with E-state index < -0.39 is 0 Å². The molecule has 0 aliphatic carbocycles. The molecule has 0 radical (unpaired) electrons. The fourth-order valence-corrected chi connectivity index (χ4v) is 1.33. The highest BCUT2D eigenvalue weighted by Crippen LogP contribution is 2.00. The smallest absolute Gasteiger partial charge is 0.239 e. The summed E-state index contributed by atoms with van der Waals surface area (Å²) in [4.78, 5) is 0. The molecule has 0 amide bonds. The molecule has 0 aromatic carbocycles. The SMILES string of the molecule is C[n+]1cccc(-n2cc[n+](C)c2)c1. The Balaban J connectivity index is 2.46. The van der Waals surface area contributed by atoms with Gasteiger partial charge in [0.25, 0.3) is 0 Å². The number of hydrogen-bond acceptors (Lipinski definition) is 0. The van der Waals surface area contributed by atoms with E-state index in [1.807, 2.05) is 54.2 Å². The Bertz CT molecular complexity index is 418. The molecule has 0 fully saturated rings. The third kappa shape index (κ3) is 1.59. The first-order chi connectivity index (χ1) is 6.25. The second-order valence-corrected chi connectivity index (χ2v) is 3.21. The molecular formula is C10H13N3+2. The monoisotopic (exact) mass is 175 g/mol.